The predicted octanol–water partition coefficient (Wildman–Crippen LogP) is 5.25. The van der Waals surface area contributed by atoms with Gasteiger partial charge in [-0.2, -0.15) is 0 Å². The summed E-state index contributed by atoms with van der Waals surface area (Å²) in [5, 5.41) is 0. The van der Waals surface area contributed by atoms with E-state index in [9.17, 15) is 4.79 Å². The maximum absolute atomic E-state index is 12.5. The summed E-state index contributed by atoms with van der Waals surface area (Å²) >= 11 is 0. The molecule has 0 unspecified atom stereocenters. The first-order chi connectivity index (χ1) is 13.7. The lowest BCUT2D eigenvalue weighted by Crippen LogP contribution is -2.35. The average Bonchev–Trinajstić information content (AvgIpc) is 3.25. The number of carbonyl (C=O) groups is 1. The number of hydrogen-bond acceptors (Lipinski definition) is 2. The Kier molecular flexibility index (Phi) is 7.67. The molecule has 3 heteroatoms. The van der Waals surface area contributed by atoms with Crippen molar-refractivity contribution in [1.82, 2.24) is 9.80 Å². The van der Waals surface area contributed by atoms with E-state index >= 15 is 0 Å². The van der Waals surface area contributed by atoms with E-state index in [4.69, 9.17) is 0 Å². The molecule has 0 spiro atoms. The molecule has 0 bridgehead atoms. The van der Waals surface area contributed by atoms with Crippen molar-refractivity contribution in [1.29, 1.82) is 0 Å². The molecule has 1 amide bonds. The van der Waals surface area contributed by atoms with E-state index < -0.39 is 0 Å². The number of rotatable bonds is 3. The summed E-state index contributed by atoms with van der Waals surface area (Å²) in [5.74, 6) is 0.174. The normalized spacial score (nSPS) is 17.1. The Morgan fingerprint density at radius 1 is 0.750 bits per heavy atom. The highest BCUT2D eigenvalue weighted by Gasteiger charge is 2.17. The van der Waals surface area contributed by atoms with Crippen LogP contribution in [0.2, 0.25) is 0 Å². The molecule has 2 aliphatic heterocycles. The highest BCUT2D eigenvalue weighted by molar-refractivity contribution is 5.94. The molecule has 0 aliphatic carbocycles. The smallest absolute Gasteiger partial charge is 0.253 e. The van der Waals surface area contributed by atoms with Gasteiger partial charge in [-0.1, -0.05) is 43.3 Å². The summed E-state index contributed by atoms with van der Waals surface area (Å²) < 4.78 is 0. The lowest BCUT2D eigenvalue weighted by molar-refractivity contribution is 0.0724. The Hall–Kier alpha value is -2.13. The zero-order valence-electron chi connectivity index (χ0n) is 17.5. The number of amides is 1. The van der Waals surface area contributed by atoms with Crippen LogP contribution in [0.25, 0.3) is 11.1 Å². The molecule has 0 atom stereocenters. The zero-order chi connectivity index (χ0) is 19.8. The third-order valence-electron chi connectivity index (χ3n) is 5.80. The minimum absolute atomic E-state index is 0.174. The van der Waals surface area contributed by atoms with Crippen molar-refractivity contribution in [2.45, 2.75) is 45.4 Å². The predicted molar refractivity (Wildman–Crippen MR) is 118 cm³/mol. The van der Waals surface area contributed by atoms with Crippen LogP contribution in [0.4, 0.5) is 0 Å². The maximum atomic E-state index is 12.5. The number of carbonyl (C=O) groups excluding carboxylic acids is 1. The minimum Gasteiger partial charge on any atom is -0.339 e. The van der Waals surface area contributed by atoms with Gasteiger partial charge in [-0.3, -0.25) is 4.79 Å². The fourth-order valence-corrected chi connectivity index (χ4v) is 3.89. The largest absolute Gasteiger partial charge is 0.339 e. The number of piperidine rings is 1. The fraction of sp³-hybridized carbons (Fsp3) is 0.480. The highest BCUT2D eigenvalue weighted by Crippen LogP contribution is 2.21. The van der Waals surface area contributed by atoms with E-state index in [0.717, 1.165) is 43.5 Å². The summed E-state index contributed by atoms with van der Waals surface area (Å²) in [5.41, 5.74) is 4.52. The first-order valence-electron chi connectivity index (χ1n) is 10.8. The van der Waals surface area contributed by atoms with E-state index in [2.05, 4.69) is 55.3 Å². The van der Waals surface area contributed by atoms with Crippen LogP contribution in [-0.2, 0) is 6.42 Å². The first-order valence-corrected chi connectivity index (χ1v) is 10.8. The van der Waals surface area contributed by atoms with E-state index in [1.807, 2.05) is 17.0 Å². The molecule has 0 radical (unpaired) electrons. The molecule has 0 N–H and O–H groups in total. The second-order valence-electron chi connectivity index (χ2n) is 7.99. The SMILES string of the molecule is CCc1ccc(-c2ccc(C(=O)N3CCCCC3)cc2)cc1.CN1CCCC1. The molecular weight excluding hydrogens is 344 g/mol. The highest BCUT2D eigenvalue weighted by atomic mass is 16.2. The van der Waals surface area contributed by atoms with Gasteiger partial charge in [-0.05, 0) is 87.5 Å². The lowest BCUT2D eigenvalue weighted by atomic mass is 10.0. The van der Waals surface area contributed by atoms with E-state index in [-0.39, 0.29) is 5.91 Å². The second-order valence-corrected chi connectivity index (χ2v) is 7.99. The van der Waals surface area contributed by atoms with Crippen LogP contribution in [0.1, 0.15) is 54.9 Å². The van der Waals surface area contributed by atoms with Crippen molar-refractivity contribution < 1.29 is 4.79 Å². The summed E-state index contributed by atoms with van der Waals surface area (Å²) in [4.78, 5) is 16.8. The fourth-order valence-electron chi connectivity index (χ4n) is 3.89. The third-order valence-corrected chi connectivity index (χ3v) is 5.80. The number of nitrogens with zero attached hydrogens (tertiary/aromatic N) is 2. The number of hydrogen-bond donors (Lipinski definition) is 0. The average molecular weight is 379 g/mol. The van der Waals surface area contributed by atoms with Crippen molar-refractivity contribution in [3.63, 3.8) is 0 Å². The van der Waals surface area contributed by atoms with Gasteiger partial charge in [0.1, 0.15) is 0 Å². The molecule has 28 heavy (non-hydrogen) atoms. The number of aryl methyl sites for hydroxylation is 1. The maximum Gasteiger partial charge on any atom is 0.253 e. The Morgan fingerprint density at radius 3 is 1.71 bits per heavy atom. The van der Waals surface area contributed by atoms with Gasteiger partial charge in [0.05, 0.1) is 0 Å². The van der Waals surface area contributed by atoms with Gasteiger partial charge in [0.15, 0.2) is 0 Å². The summed E-state index contributed by atoms with van der Waals surface area (Å²) in [7, 11) is 2.17. The third kappa shape index (κ3) is 5.68. The molecule has 0 saturated carbocycles. The van der Waals surface area contributed by atoms with Crippen molar-refractivity contribution in [3.05, 3.63) is 59.7 Å². The molecule has 2 aromatic carbocycles. The molecular formula is C25H34N2O. The van der Waals surface area contributed by atoms with Gasteiger partial charge in [-0.25, -0.2) is 0 Å². The monoisotopic (exact) mass is 378 g/mol. The summed E-state index contributed by atoms with van der Waals surface area (Å²) in [6.45, 7) is 6.61. The van der Waals surface area contributed by atoms with Crippen LogP contribution < -0.4 is 0 Å². The molecule has 2 saturated heterocycles. The lowest BCUT2D eigenvalue weighted by Gasteiger charge is -2.26. The topological polar surface area (TPSA) is 23.6 Å². The summed E-state index contributed by atoms with van der Waals surface area (Å²) in [6, 6.07) is 16.7. The van der Waals surface area contributed by atoms with Crippen LogP contribution >= 0.6 is 0 Å². The van der Waals surface area contributed by atoms with Gasteiger partial charge in [0.25, 0.3) is 5.91 Å². The van der Waals surface area contributed by atoms with Crippen LogP contribution in [0.15, 0.2) is 48.5 Å². The molecule has 3 nitrogen and oxygen atoms in total. The standard InChI is InChI=1S/C20H23NO.C5H11N/c1-2-16-6-8-17(9-7-16)18-10-12-19(13-11-18)20(22)21-14-4-3-5-15-21;1-6-4-2-3-5-6/h6-13H,2-5,14-15H2,1H3;2-5H2,1H3. The van der Waals surface area contributed by atoms with Crippen molar-refractivity contribution in [2.75, 3.05) is 33.2 Å². The van der Waals surface area contributed by atoms with Gasteiger partial charge < -0.3 is 9.80 Å². The van der Waals surface area contributed by atoms with Crippen LogP contribution in [0, 0.1) is 0 Å². The molecule has 4 rings (SSSR count). The minimum atomic E-state index is 0.174. The molecule has 150 valence electrons. The Balaban J connectivity index is 0.000000320. The Bertz CT molecular complexity index is 724. The van der Waals surface area contributed by atoms with Crippen molar-refractivity contribution in [3.8, 4) is 11.1 Å². The van der Waals surface area contributed by atoms with Gasteiger partial charge in [0.2, 0.25) is 0 Å². The van der Waals surface area contributed by atoms with Crippen molar-refractivity contribution in [2.24, 2.45) is 0 Å². The first kappa shape index (κ1) is 20.6. The van der Waals surface area contributed by atoms with Gasteiger partial charge in [0, 0.05) is 18.7 Å². The van der Waals surface area contributed by atoms with Gasteiger partial charge in [-0.15, -0.1) is 0 Å². The second kappa shape index (κ2) is 10.4. The van der Waals surface area contributed by atoms with Crippen LogP contribution in [-0.4, -0.2) is 48.9 Å². The molecule has 0 aromatic heterocycles. The van der Waals surface area contributed by atoms with Crippen LogP contribution in [0.5, 0.6) is 0 Å². The summed E-state index contributed by atoms with van der Waals surface area (Å²) in [6.07, 6.45) is 7.40. The molecule has 2 heterocycles. The Morgan fingerprint density at radius 2 is 1.25 bits per heavy atom. The number of benzene rings is 2. The van der Waals surface area contributed by atoms with Crippen molar-refractivity contribution >= 4 is 5.91 Å². The zero-order valence-corrected chi connectivity index (χ0v) is 17.5. The molecule has 2 aliphatic rings. The van der Waals surface area contributed by atoms with Gasteiger partial charge >= 0.3 is 0 Å². The number of likely N-dealkylation sites (tertiary alicyclic amines) is 2. The van der Waals surface area contributed by atoms with E-state index in [1.165, 1.54) is 43.5 Å². The Labute approximate surface area is 170 Å². The van der Waals surface area contributed by atoms with E-state index in [0.29, 0.717) is 0 Å². The van der Waals surface area contributed by atoms with Crippen LogP contribution in [0.3, 0.4) is 0 Å². The van der Waals surface area contributed by atoms with E-state index in [1.54, 1.807) is 0 Å². The molecule has 2 aromatic rings. The molecule has 2 fully saturated rings. The quantitative estimate of drug-likeness (QED) is 0.728.